The van der Waals surface area contributed by atoms with E-state index in [-0.39, 0.29) is 31.0 Å². The number of hydrogen-bond donors (Lipinski definition) is 3. The fourth-order valence-corrected chi connectivity index (χ4v) is 7.08. The number of nitrogens with two attached hydrogens (primary N) is 1. The highest BCUT2D eigenvalue weighted by molar-refractivity contribution is 7.47. The van der Waals surface area contributed by atoms with Crippen LogP contribution < -0.4 is 11.1 Å². The predicted molar refractivity (Wildman–Crippen MR) is 210 cm³/mol. The van der Waals surface area contributed by atoms with E-state index in [1.54, 1.807) is 22.9 Å². The van der Waals surface area contributed by atoms with Crippen LogP contribution >= 0.6 is 7.82 Å². The summed E-state index contributed by atoms with van der Waals surface area (Å²) in [6.07, 6.45) is 20.4. The minimum absolute atomic E-state index is 0.0580. The summed E-state index contributed by atoms with van der Waals surface area (Å²) < 4.78 is 49.9. The standard InChI is InChI=1S/C40H59FN7O7P/c1-2-3-4-5-6-7-8-9-10-11-12-13-14-15-16-17-39(49)45-26-37(52-27-33-22-32(25-42)23-34(41)24-33)29-55-56(50,51)54-28-36(53-30-43)20-18-35-19-21-38-40(44)46-31-47-48(35)38/h19,21-24,31,36-37H,2-18,20,26-29H2,1H3,(H,45,49)(H,50,51)(H2,44,46,47)/t36-,37+/m0/s1. The van der Waals surface area contributed by atoms with Crippen molar-refractivity contribution in [1.82, 2.24) is 19.9 Å². The number of rotatable bonds is 31. The number of hydrogen-bond acceptors (Lipinski definition) is 11. The number of amides is 1. The topological polar surface area (TPSA) is 207 Å². The van der Waals surface area contributed by atoms with Crippen LogP contribution in [0.5, 0.6) is 0 Å². The molecule has 2 aromatic heterocycles. The van der Waals surface area contributed by atoms with Crippen LogP contribution in [0.1, 0.15) is 133 Å². The fourth-order valence-electron chi connectivity index (χ4n) is 6.30. The maximum absolute atomic E-state index is 14.0. The van der Waals surface area contributed by atoms with E-state index in [4.69, 9.17) is 29.5 Å². The fraction of sp³-hybridized carbons (Fsp3) is 0.625. The number of nitrogens with one attached hydrogen (secondary N) is 1. The molecule has 3 atom stereocenters. The summed E-state index contributed by atoms with van der Waals surface area (Å²) in [5, 5.41) is 25.3. The van der Waals surface area contributed by atoms with Crippen molar-refractivity contribution in [3.63, 3.8) is 0 Å². The van der Waals surface area contributed by atoms with Gasteiger partial charge < -0.3 is 25.4 Å². The summed E-state index contributed by atoms with van der Waals surface area (Å²) in [6.45, 7) is 1.12. The van der Waals surface area contributed by atoms with E-state index in [2.05, 4.69) is 22.3 Å². The molecule has 14 nitrogen and oxygen atoms in total. The Morgan fingerprint density at radius 1 is 0.946 bits per heavy atom. The van der Waals surface area contributed by atoms with Gasteiger partial charge in [-0.2, -0.15) is 15.6 Å². The van der Waals surface area contributed by atoms with Gasteiger partial charge in [-0.05, 0) is 55.2 Å². The number of phosphoric acid groups is 1. The van der Waals surface area contributed by atoms with E-state index < -0.39 is 39.1 Å². The molecule has 56 heavy (non-hydrogen) atoms. The first-order valence-electron chi connectivity index (χ1n) is 20.0. The lowest BCUT2D eigenvalue weighted by atomic mass is 10.0. The van der Waals surface area contributed by atoms with E-state index >= 15 is 0 Å². The van der Waals surface area contributed by atoms with Crippen molar-refractivity contribution in [2.24, 2.45) is 0 Å². The molecule has 1 aromatic carbocycles. The summed E-state index contributed by atoms with van der Waals surface area (Å²) >= 11 is 0. The van der Waals surface area contributed by atoms with Crippen molar-refractivity contribution < 1.29 is 37.2 Å². The molecule has 0 radical (unpaired) electrons. The van der Waals surface area contributed by atoms with Gasteiger partial charge in [-0.25, -0.2) is 18.5 Å². The summed E-state index contributed by atoms with van der Waals surface area (Å²) in [5.41, 5.74) is 7.74. The van der Waals surface area contributed by atoms with Gasteiger partial charge in [0.2, 0.25) is 5.91 Å². The molecular formula is C40H59FN7O7P. The third-order valence-electron chi connectivity index (χ3n) is 9.46. The van der Waals surface area contributed by atoms with Crippen molar-refractivity contribution in [2.45, 2.75) is 141 Å². The summed E-state index contributed by atoms with van der Waals surface area (Å²) in [7, 11) is -4.69. The first kappa shape index (κ1) is 46.3. The summed E-state index contributed by atoms with van der Waals surface area (Å²) in [6, 6.07) is 9.21. The number of ether oxygens (including phenoxy) is 2. The van der Waals surface area contributed by atoms with Crippen LogP contribution in [0, 0.1) is 28.7 Å². The van der Waals surface area contributed by atoms with Crippen molar-refractivity contribution in [2.75, 3.05) is 25.5 Å². The number of phosphoric ester groups is 1. The van der Waals surface area contributed by atoms with Crippen LogP contribution in [0.15, 0.2) is 36.7 Å². The molecule has 0 aliphatic rings. The van der Waals surface area contributed by atoms with Crippen LogP contribution in [-0.4, -0.2) is 57.4 Å². The molecule has 2 heterocycles. The molecular weight excluding hydrogens is 740 g/mol. The zero-order chi connectivity index (χ0) is 40.4. The van der Waals surface area contributed by atoms with Crippen LogP contribution in [0.3, 0.4) is 0 Å². The molecule has 308 valence electrons. The van der Waals surface area contributed by atoms with E-state index in [1.807, 2.05) is 6.07 Å². The zero-order valence-electron chi connectivity index (χ0n) is 32.7. The largest absolute Gasteiger partial charge is 0.472 e. The monoisotopic (exact) mass is 799 g/mol. The lowest BCUT2D eigenvalue weighted by Gasteiger charge is -2.21. The summed E-state index contributed by atoms with van der Waals surface area (Å²) in [5.74, 6) is -0.504. The number of nitriles is 2. The van der Waals surface area contributed by atoms with Crippen LogP contribution in [-0.2, 0) is 40.9 Å². The van der Waals surface area contributed by atoms with Crippen molar-refractivity contribution >= 4 is 25.1 Å². The number of aromatic nitrogens is 3. The molecule has 4 N–H and O–H groups in total. The van der Waals surface area contributed by atoms with Gasteiger partial charge in [0.1, 0.15) is 23.8 Å². The number of benzene rings is 1. The Morgan fingerprint density at radius 2 is 1.57 bits per heavy atom. The maximum Gasteiger partial charge on any atom is 0.472 e. The van der Waals surface area contributed by atoms with Gasteiger partial charge in [0.15, 0.2) is 5.82 Å². The van der Waals surface area contributed by atoms with Crippen molar-refractivity contribution in [3.05, 3.63) is 59.3 Å². The van der Waals surface area contributed by atoms with E-state index in [0.717, 1.165) is 37.4 Å². The van der Waals surface area contributed by atoms with Gasteiger partial charge in [-0.15, -0.1) is 0 Å². The zero-order valence-corrected chi connectivity index (χ0v) is 33.6. The van der Waals surface area contributed by atoms with Gasteiger partial charge in [0.05, 0.1) is 37.6 Å². The molecule has 3 aromatic rings. The molecule has 0 spiro atoms. The Hall–Kier alpha value is -4.11. The van der Waals surface area contributed by atoms with Gasteiger partial charge in [0, 0.05) is 18.7 Å². The van der Waals surface area contributed by atoms with Crippen molar-refractivity contribution in [1.29, 1.82) is 10.5 Å². The van der Waals surface area contributed by atoms with Crippen molar-refractivity contribution in [3.8, 4) is 12.3 Å². The Balaban J connectivity index is 1.41. The smallest absolute Gasteiger partial charge is 0.422 e. The highest BCUT2D eigenvalue weighted by atomic mass is 31.2. The minimum atomic E-state index is -4.69. The molecule has 0 aliphatic carbocycles. The Kier molecular flexibility index (Phi) is 22.1. The van der Waals surface area contributed by atoms with E-state index in [1.165, 1.54) is 89.1 Å². The van der Waals surface area contributed by atoms with E-state index in [9.17, 15) is 23.9 Å². The number of halogens is 1. The number of nitrogens with zero attached hydrogens (tertiary/aromatic N) is 5. The molecule has 0 saturated carbocycles. The van der Waals surface area contributed by atoms with Crippen LogP contribution in [0.25, 0.3) is 5.52 Å². The first-order valence-corrected chi connectivity index (χ1v) is 21.4. The normalized spacial score (nSPS) is 13.4. The molecule has 0 aliphatic heterocycles. The highest BCUT2D eigenvalue weighted by Crippen LogP contribution is 2.43. The lowest BCUT2D eigenvalue weighted by Crippen LogP contribution is -2.36. The molecule has 1 amide bonds. The minimum Gasteiger partial charge on any atom is -0.422 e. The second kappa shape index (κ2) is 26.7. The maximum atomic E-state index is 14.0. The van der Waals surface area contributed by atoms with Gasteiger partial charge >= 0.3 is 7.82 Å². The van der Waals surface area contributed by atoms with Crippen LogP contribution in [0.4, 0.5) is 10.2 Å². The summed E-state index contributed by atoms with van der Waals surface area (Å²) in [4.78, 5) is 27.1. The number of anilines is 1. The number of aryl methyl sites for hydroxylation is 1. The molecule has 1 unspecified atom stereocenters. The number of carbonyl (C=O) groups is 1. The number of fused-ring (bicyclic) bond motifs is 1. The number of unbranched alkanes of at least 4 members (excludes halogenated alkanes) is 14. The Labute approximate surface area is 330 Å². The average molecular weight is 800 g/mol. The second-order valence-electron chi connectivity index (χ2n) is 14.1. The third kappa shape index (κ3) is 18.7. The first-order chi connectivity index (χ1) is 27.1. The SMILES string of the molecule is CCCCCCCCCCCCCCCCCC(=O)NC[C@H](COP(=O)(O)OC[C@H](CCc1ccc2c(N)ncnn12)OC#N)OCc1cc(F)cc(C#N)c1. The third-order valence-corrected chi connectivity index (χ3v) is 10.4. The lowest BCUT2D eigenvalue weighted by molar-refractivity contribution is -0.122. The number of nitrogen functional groups attached to an aromatic ring is 1. The Bertz CT molecular complexity index is 1730. The van der Waals surface area contributed by atoms with Crippen LogP contribution in [0.2, 0.25) is 0 Å². The highest BCUT2D eigenvalue weighted by Gasteiger charge is 2.27. The molecule has 3 rings (SSSR count). The predicted octanol–water partition coefficient (Wildman–Crippen LogP) is 8.22. The molecule has 0 saturated heterocycles. The quantitative estimate of drug-likeness (QED) is 0.0320. The second-order valence-corrected chi connectivity index (χ2v) is 15.5. The molecule has 0 bridgehead atoms. The van der Waals surface area contributed by atoms with Gasteiger partial charge in [-0.3, -0.25) is 13.8 Å². The number of carbonyl (C=O) groups excluding carboxylic acids is 1. The van der Waals surface area contributed by atoms with E-state index in [0.29, 0.717) is 29.7 Å². The molecule has 0 fully saturated rings. The van der Waals surface area contributed by atoms with Gasteiger partial charge in [-0.1, -0.05) is 96.8 Å². The average Bonchev–Trinajstić information content (AvgIpc) is 3.61. The Morgan fingerprint density at radius 3 is 2.20 bits per heavy atom. The molecule has 16 heteroatoms. The van der Waals surface area contributed by atoms with Gasteiger partial charge in [0.25, 0.3) is 6.26 Å².